The van der Waals surface area contributed by atoms with Crippen LogP contribution >= 0.6 is 11.3 Å². The molecule has 1 N–H and O–H groups in total. The van der Waals surface area contributed by atoms with E-state index < -0.39 is 34.7 Å². The topological polar surface area (TPSA) is 133 Å². The van der Waals surface area contributed by atoms with Crippen molar-refractivity contribution in [3.63, 3.8) is 0 Å². The number of thiazole rings is 1. The van der Waals surface area contributed by atoms with Crippen molar-refractivity contribution in [1.82, 2.24) is 9.38 Å². The van der Waals surface area contributed by atoms with Gasteiger partial charge in [-0.05, 0) is 18.8 Å². The molecular formula is C13H15N3O7S. The Morgan fingerprint density at radius 3 is 2.46 bits per heavy atom. The highest BCUT2D eigenvalue weighted by Crippen LogP contribution is 2.28. The van der Waals surface area contributed by atoms with E-state index in [0.29, 0.717) is 4.96 Å². The van der Waals surface area contributed by atoms with Gasteiger partial charge in [-0.25, -0.2) is 9.59 Å². The summed E-state index contributed by atoms with van der Waals surface area (Å²) in [5.74, 6) is -2.92. The van der Waals surface area contributed by atoms with Gasteiger partial charge < -0.3 is 24.7 Å². The van der Waals surface area contributed by atoms with Crippen LogP contribution in [0, 0.1) is 10.1 Å². The van der Waals surface area contributed by atoms with Crippen molar-refractivity contribution < 1.29 is 29.1 Å². The zero-order valence-corrected chi connectivity index (χ0v) is 13.7. The average molecular weight is 357 g/mol. The molecule has 0 bridgehead atoms. The minimum Gasteiger partial charge on any atom is -0.463 e. The summed E-state index contributed by atoms with van der Waals surface area (Å²) in [5.41, 5.74) is -2.92. The van der Waals surface area contributed by atoms with Crippen LogP contribution in [0.2, 0.25) is 0 Å². The van der Waals surface area contributed by atoms with Crippen molar-refractivity contribution in [2.45, 2.75) is 25.9 Å². The van der Waals surface area contributed by atoms with E-state index in [2.05, 4.69) is 4.98 Å². The van der Waals surface area contributed by atoms with Crippen molar-refractivity contribution in [3.8, 4) is 0 Å². The molecule has 0 atom stereocenters. The standard InChI is InChI=1S/C13H15N3O7S/c1-3-22-10(17)13(19,11(18)23-4-2)7-8-9(16(20)21)15-5-6-24-12(15)14-8/h5-6,19H,3-4,7H2,1-2H3. The first-order valence-corrected chi connectivity index (χ1v) is 7.88. The molecule has 0 aliphatic rings. The molecule has 2 rings (SSSR count). The number of nitrogens with zero attached hydrogens (tertiary/aromatic N) is 3. The maximum Gasteiger partial charge on any atom is 0.351 e. The Bertz CT molecular complexity index is 764. The van der Waals surface area contributed by atoms with E-state index in [9.17, 15) is 24.8 Å². The van der Waals surface area contributed by atoms with Crippen molar-refractivity contribution in [1.29, 1.82) is 0 Å². The average Bonchev–Trinajstić information content (AvgIpc) is 3.07. The number of fused-ring (bicyclic) bond motifs is 1. The molecule has 2 aromatic rings. The molecule has 0 radical (unpaired) electrons. The lowest BCUT2D eigenvalue weighted by atomic mass is 9.97. The molecule has 0 fully saturated rings. The van der Waals surface area contributed by atoms with Gasteiger partial charge in [0.15, 0.2) is 0 Å². The van der Waals surface area contributed by atoms with Crippen LogP contribution < -0.4 is 0 Å². The summed E-state index contributed by atoms with van der Waals surface area (Å²) in [5, 5.41) is 23.4. The number of carbonyl (C=O) groups is 2. The second-order valence-electron chi connectivity index (χ2n) is 4.67. The predicted molar refractivity (Wildman–Crippen MR) is 81.6 cm³/mol. The van der Waals surface area contributed by atoms with Gasteiger partial charge in [0, 0.05) is 11.8 Å². The first-order chi connectivity index (χ1) is 11.3. The Balaban J connectivity index is 2.48. The zero-order chi connectivity index (χ0) is 17.9. The SMILES string of the molecule is CCOC(=O)C(O)(Cc1nc2sccn2c1[N+](=O)[O-])C(=O)OCC. The van der Waals surface area contributed by atoms with Crippen LogP contribution in [0.4, 0.5) is 5.82 Å². The quantitative estimate of drug-likeness (QED) is 0.331. The maximum absolute atomic E-state index is 12.0. The molecule has 0 aromatic carbocycles. The van der Waals surface area contributed by atoms with Gasteiger partial charge in [-0.3, -0.25) is 0 Å². The second kappa shape index (κ2) is 6.93. The van der Waals surface area contributed by atoms with E-state index in [1.807, 2.05) is 0 Å². The predicted octanol–water partition coefficient (Wildman–Crippen LogP) is 0.704. The smallest absolute Gasteiger partial charge is 0.351 e. The molecule has 0 saturated carbocycles. The van der Waals surface area contributed by atoms with Crippen molar-refractivity contribution in [3.05, 3.63) is 27.4 Å². The molecular weight excluding hydrogens is 342 g/mol. The monoisotopic (exact) mass is 357 g/mol. The molecule has 10 nitrogen and oxygen atoms in total. The normalized spacial score (nSPS) is 11.5. The third-order valence-corrected chi connectivity index (χ3v) is 3.89. The Morgan fingerprint density at radius 2 is 1.96 bits per heavy atom. The molecule has 2 aromatic heterocycles. The number of aromatic nitrogens is 2. The zero-order valence-electron chi connectivity index (χ0n) is 12.9. The van der Waals surface area contributed by atoms with Crippen LogP contribution in [-0.2, 0) is 25.5 Å². The fourth-order valence-electron chi connectivity index (χ4n) is 2.10. The number of carbonyl (C=O) groups excluding carboxylic acids is 2. The number of aliphatic hydroxyl groups is 1. The molecule has 0 aliphatic heterocycles. The Hall–Kier alpha value is -2.53. The lowest BCUT2D eigenvalue weighted by Crippen LogP contribution is -2.51. The Kier molecular flexibility index (Phi) is 5.14. The van der Waals surface area contributed by atoms with Gasteiger partial charge >= 0.3 is 17.8 Å². The maximum atomic E-state index is 12.0. The van der Waals surface area contributed by atoms with Gasteiger partial charge in [0.2, 0.25) is 0 Å². The van der Waals surface area contributed by atoms with Gasteiger partial charge in [0.05, 0.1) is 13.2 Å². The van der Waals surface area contributed by atoms with Crippen molar-refractivity contribution in [2.75, 3.05) is 13.2 Å². The molecule has 0 saturated heterocycles. The summed E-state index contributed by atoms with van der Waals surface area (Å²) in [7, 11) is 0. The first kappa shape index (κ1) is 17.8. The highest BCUT2D eigenvalue weighted by molar-refractivity contribution is 7.15. The molecule has 130 valence electrons. The van der Waals surface area contributed by atoms with Crippen molar-refractivity contribution in [2.24, 2.45) is 0 Å². The summed E-state index contributed by atoms with van der Waals surface area (Å²) in [4.78, 5) is 39.0. The molecule has 24 heavy (non-hydrogen) atoms. The Morgan fingerprint density at radius 1 is 1.38 bits per heavy atom. The molecule has 0 aliphatic carbocycles. The molecule has 2 heterocycles. The van der Waals surface area contributed by atoms with Crippen LogP contribution in [0.1, 0.15) is 19.5 Å². The lowest BCUT2D eigenvalue weighted by Gasteiger charge is -2.22. The van der Waals surface area contributed by atoms with E-state index in [1.165, 1.54) is 24.4 Å². The highest BCUT2D eigenvalue weighted by Gasteiger charge is 2.49. The van der Waals surface area contributed by atoms with Gasteiger partial charge in [0.25, 0.3) is 10.6 Å². The second-order valence-corrected chi connectivity index (χ2v) is 5.55. The van der Waals surface area contributed by atoms with E-state index in [0.717, 1.165) is 11.3 Å². The number of hydrogen-bond acceptors (Lipinski definition) is 9. The summed E-state index contributed by atoms with van der Waals surface area (Å²) < 4.78 is 10.6. The molecule has 0 unspecified atom stereocenters. The van der Waals surface area contributed by atoms with Gasteiger partial charge in [-0.15, -0.1) is 0 Å². The molecule has 0 spiro atoms. The van der Waals surface area contributed by atoms with E-state index >= 15 is 0 Å². The van der Waals surface area contributed by atoms with Crippen LogP contribution in [0.15, 0.2) is 11.6 Å². The largest absolute Gasteiger partial charge is 0.463 e. The number of nitro groups is 1. The highest BCUT2D eigenvalue weighted by atomic mass is 32.1. The minimum absolute atomic E-state index is 0.0824. The van der Waals surface area contributed by atoms with Gasteiger partial charge in [-0.1, -0.05) is 11.3 Å². The number of ether oxygens (including phenoxy) is 2. The molecule has 0 amide bonds. The summed E-state index contributed by atoms with van der Waals surface area (Å²) in [6, 6.07) is 0. The summed E-state index contributed by atoms with van der Waals surface area (Å²) in [6.45, 7) is 2.83. The third-order valence-electron chi connectivity index (χ3n) is 3.13. The number of esters is 2. The summed E-state index contributed by atoms with van der Waals surface area (Å²) in [6.07, 6.45) is 0.706. The van der Waals surface area contributed by atoms with Gasteiger partial charge in [0.1, 0.15) is 11.9 Å². The van der Waals surface area contributed by atoms with Crippen LogP contribution in [0.3, 0.4) is 0 Å². The number of hydrogen-bond donors (Lipinski definition) is 1. The fourth-order valence-corrected chi connectivity index (χ4v) is 2.83. The number of rotatable bonds is 7. The first-order valence-electron chi connectivity index (χ1n) is 7.00. The summed E-state index contributed by atoms with van der Waals surface area (Å²) >= 11 is 1.14. The van der Waals surface area contributed by atoms with Gasteiger partial charge in [-0.2, -0.15) is 9.38 Å². The Labute approximate surface area is 139 Å². The third kappa shape index (κ3) is 3.08. The minimum atomic E-state index is -2.71. The van der Waals surface area contributed by atoms with Crippen LogP contribution in [-0.4, -0.2) is 50.2 Å². The molecule has 11 heteroatoms. The van der Waals surface area contributed by atoms with E-state index in [-0.39, 0.29) is 18.9 Å². The van der Waals surface area contributed by atoms with Crippen LogP contribution in [0.25, 0.3) is 4.96 Å². The van der Waals surface area contributed by atoms with E-state index in [4.69, 9.17) is 9.47 Å². The van der Waals surface area contributed by atoms with Crippen molar-refractivity contribution >= 4 is 34.1 Å². The fraction of sp³-hybridized carbons (Fsp3) is 0.462. The number of imidazole rings is 1. The van der Waals surface area contributed by atoms with Crippen LogP contribution in [0.5, 0.6) is 0 Å². The lowest BCUT2D eigenvalue weighted by molar-refractivity contribution is -0.391. The van der Waals surface area contributed by atoms with E-state index in [1.54, 1.807) is 5.38 Å².